The normalized spacial score (nSPS) is 31.8. The third kappa shape index (κ3) is 2.34. The van der Waals surface area contributed by atoms with Gasteiger partial charge in [0, 0.05) is 31.2 Å². The minimum atomic E-state index is -3.01. The van der Waals surface area contributed by atoms with Gasteiger partial charge in [-0.15, -0.1) is 0 Å². The summed E-state index contributed by atoms with van der Waals surface area (Å²) < 4.78 is 23.6. The average Bonchev–Trinajstić information content (AvgIpc) is 3.18. The van der Waals surface area contributed by atoms with Crippen LogP contribution in [0.5, 0.6) is 0 Å². The van der Waals surface area contributed by atoms with Gasteiger partial charge in [-0.3, -0.25) is 9.59 Å². The Hall–Kier alpha value is -1.89. The lowest BCUT2D eigenvalue weighted by atomic mass is 10.1. The Morgan fingerprint density at radius 2 is 1.87 bits per heavy atom. The quantitative estimate of drug-likeness (QED) is 0.786. The zero-order valence-electron chi connectivity index (χ0n) is 12.6. The van der Waals surface area contributed by atoms with E-state index < -0.39 is 15.1 Å². The number of hydrogen-bond donors (Lipinski definition) is 0. The number of amides is 2. The van der Waals surface area contributed by atoms with Crippen molar-refractivity contribution in [2.75, 3.05) is 23.7 Å². The van der Waals surface area contributed by atoms with Crippen LogP contribution in [0.3, 0.4) is 0 Å². The average molecular weight is 334 g/mol. The first kappa shape index (κ1) is 14.7. The molecule has 0 saturated carbocycles. The third-order valence-electron chi connectivity index (χ3n) is 5.13. The highest BCUT2D eigenvalue weighted by Crippen LogP contribution is 2.35. The van der Waals surface area contributed by atoms with E-state index in [2.05, 4.69) is 0 Å². The molecule has 0 N–H and O–H groups in total. The van der Waals surface area contributed by atoms with Gasteiger partial charge >= 0.3 is 0 Å². The molecule has 0 radical (unpaired) electrons. The van der Waals surface area contributed by atoms with Crippen LogP contribution in [0.2, 0.25) is 0 Å². The van der Waals surface area contributed by atoms with E-state index in [1.165, 1.54) is 0 Å². The van der Waals surface area contributed by atoms with Gasteiger partial charge in [0.15, 0.2) is 9.84 Å². The molecule has 0 spiro atoms. The van der Waals surface area contributed by atoms with E-state index in [1.54, 1.807) is 9.80 Å². The third-order valence-corrected chi connectivity index (χ3v) is 7.34. The smallest absolute Gasteiger partial charge is 0.228 e. The summed E-state index contributed by atoms with van der Waals surface area (Å²) in [6.45, 7) is 0.671. The molecule has 4 rings (SSSR count). The first-order chi connectivity index (χ1) is 11.0. The Kier molecular flexibility index (Phi) is 3.23. The van der Waals surface area contributed by atoms with E-state index in [-0.39, 0.29) is 35.9 Å². The number of fused-ring (bicyclic) bond motifs is 2. The SMILES string of the molecule is O=C1C[C@@H](C(=O)N2C[C@H]3C[C@H]2CS3(=O)=O)CN1c1ccccc1. The molecule has 6 nitrogen and oxygen atoms in total. The molecular formula is C16H18N2O4S. The molecule has 3 fully saturated rings. The second kappa shape index (κ2) is 5.06. The van der Waals surface area contributed by atoms with Crippen LogP contribution in [0.1, 0.15) is 12.8 Å². The molecule has 3 saturated heterocycles. The van der Waals surface area contributed by atoms with Gasteiger partial charge in [0.2, 0.25) is 11.8 Å². The zero-order chi connectivity index (χ0) is 16.2. The highest BCUT2D eigenvalue weighted by Gasteiger charge is 2.51. The summed E-state index contributed by atoms with van der Waals surface area (Å²) in [7, 11) is -3.01. The van der Waals surface area contributed by atoms with Crippen molar-refractivity contribution in [2.45, 2.75) is 24.1 Å². The standard InChI is InChI=1S/C16H18N2O4S/c19-15-6-11(8-17(15)12-4-2-1-3-5-12)16(20)18-9-14-7-13(18)10-23(14,21)22/h1-5,11,13-14H,6-10H2/t11-,13+,14-/m1/s1. The molecule has 3 heterocycles. The van der Waals surface area contributed by atoms with Crippen molar-refractivity contribution in [3.63, 3.8) is 0 Å². The van der Waals surface area contributed by atoms with Gasteiger partial charge < -0.3 is 9.80 Å². The molecule has 0 unspecified atom stereocenters. The fraction of sp³-hybridized carbons (Fsp3) is 0.500. The molecule has 2 amide bonds. The predicted molar refractivity (Wildman–Crippen MR) is 84.6 cm³/mol. The summed E-state index contributed by atoms with van der Waals surface area (Å²) in [5.41, 5.74) is 0.804. The first-order valence-corrected chi connectivity index (χ1v) is 9.55. The van der Waals surface area contributed by atoms with E-state index >= 15 is 0 Å². The summed E-state index contributed by atoms with van der Waals surface area (Å²) in [4.78, 5) is 28.3. The van der Waals surface area contributed by atoms with Crippen molar-refractivity contribution in [2.24, 2.45) is 5.92 Å². The zero-order valence-corrected chi connectivity index (χ0v) is 13.4. The molecule has 3 aliphatic heterocycles. The van der Waals surface area contributed by atoms with Crippen molar-refractivity contribution in [1.82, 2.24) is 4.90 Å². The lowest BCUT2D eigenvalue weighted by Crippen LogP contribution is -2.47. The van der Waals surface area contributed by atoms with Gasteiger partial charge in [-0.2, -0.15) is 0 Å². The van der Waals surface area contributed by atoms with Crippen molar-refractivity contribution in [3.05, 3.63) is 30.3 Å². The lowest BCUT2D eigenvalue weighted by molar-refractivity contribution is -0.136. The Balaban J connectivity index is 1.48. The molecule has 23 heavy (non-hydrogen) atoms. The van der Waals surface area contributed by atoms with Crippen LogP contribution in [0, 0.1) is 5.92 Å². The van der Waals surface area contributed by atoms with Gasteiger partial charge in [0.25, 0.3) is 0 Å². The van der Waals surface area contributed by atoms with Crippen LogP contribution in [-0.2, 0) is 19.4 Å². The molecule has 122 valence electrons. The second-order valence-electron chi connectivity index (χ2n) is 6.57. The van der Waals surface area contributed by atoms with E-state index in [9.17, 15) is 18.0 Å². The highest BCUT2D eigenvalue weighted by molar-refractivity contribution is 7.92. The number of nitrogens with zero attached hydrogens (tertiary/aromatic N) is 2. The van der Waals surface area contributed by atoms with Gasteiger partial charge in [0.1, 0.15) is 0 Å². The number of hydrogen-bond acceptors (Lipinski definition) is 4. The summed E-state index contributed by atoms with van der Waals surface area (Å²) in [5.74, 6) is -0.414. The molecule has 7 heteroatoms. The van der Waals surface area contributed by atoms with Gasteiger partial charge in [-0.05, 0) is 18.6 Å². The van der Waals surface area contributed by atoms with Crippen molar-refractivity contribution >= 4 is 27.3 Å². The number of sulfone groups is 1. The molecule has 3 atom stereocenters. The number of rotatable bonds is 2. The summed E-state index contributed by atoms with van der Waals surface area (Å²) in [6, 6.07) is 9.13. The molecule has 0 aliphatic carbocycles. The molecule has 1 aromatic carbocycles. The van der Waals surface area contributed by atoms with Gasteiger partial charge in [-0.25, -0.2) is 8.42 Å². The van der Waals surface area contributed by atoms with E-state index in [0.29, 0.717) is 19.5 Å². The number of carbonyl (C=O) groups excluding carboxylic acids is 2. The fourth-order valence-corrected chi connectivity index (χ4v) is 5.96. The number of anilines is 1. The van der Waals surface area contributed by atoms with Crippen LogP contribution in [-0.4, -0.2) is 55.3 Å². The molecule has 2 bridgehead atoms. The fourth-order valence-electron chi connectivity index (χ4n) is 3.93. The summed E-state index contributed by atoms with van der Waals surface area (Å²) >= 11 is 0. The summed E-state index contributed by atoms with van der Waals surface area (Å²) in [6.07, 6.45) is 0.755. The monoisotopic (exact) mass is 334 g/mol. The minimum absolute atomic E-state index is 0.0495. The molecule has 3 aliphatic rings. The van der Waals surface area contributed by atoms with E-state index in [1.807, 2.05) is 30.3 Å². The molecule has 1 aromatic rings. The highest BCUT2D eigenvalue weighted by atomic mass is 32.2. The maximum absolute atomic E-state index is 12.7. The second-order valence-corrected chi connectivity index (χ2v) is 8.90. The van der Waals surface area contributed by atoms with Gasteiger partial charge in [-0.1, -0.05) is 18.2 Å². The number of benzene rings is 1. The van der Waals surface area contributed by atoms with Crippen molar-refractivity contribution < 1.29 is 18.0 Å². The van der Waals surface area contributed by atoms with Crippen LogP contribution >= 0.6 is 0 Å². The number of likely N-dealkylation sites (tertiary alicyclic amines) is 1. The van der Waals surface area contributed by atoms with Crippen molar-refractivity contribution in [3.8, 4) is 0 Å². The van der Waals surface area contributed by atoms with E-state index in [4.69, 9.17) is 0 Å². The topological polar surface area (TPSA) is 74.8 Å². The predicted octanol–water partition coefficient (Wildman–Crippen LogP) is 0.437. The largest absolute Gasteiger partial charge is 0.337 e. The maximum Gasteiger partial charge on any atom is 0.228 e. The molecule has 0 aromatic heterocycles. The van der Waals surface area contributed by atoms with Crippen LogP contribution < -0.4 is 4.90 Å². The minimum Gasteiger partial charge on any atom is -0.337 e. The Morgan fingerprint density at radius 3 is 2.48 bits per heavy atom. The molecular weight excluding hydrogens is 316 g/mol. The number of para-hydroxylation sites is 1. The number of carbonyl (C=O) groups is 2. The van der Waals surface area contributed by atoms with Crippen LogP contribution in [0.25, 0.3) is 0 Å². The lowest BCUT2D eigenvalue weighted by Gasteiger charge is -2.29. The summed E-state index contributed by atoms with van der Waals surface area (Å²) in [5, 5.41) is -0.404. The van der Waals surface area contributed by atoms with Gasteiger partial charge in [0.05, 0.1) is 16.9 Å². The Bertz CT molecular complexity index is 762. The maximum atomic E-state index is 12.7. The Morgan fingerprint density at radius 1 is 1.13 bits per heavy atom. The Labute approximate surface area is 135 Å². The van der Waals surface area contributed by atoms with Crippen LogP contribution in [0.15, 0.2) is 30.3 Å². The van der Waals surface area contributed by atoms with Crippen molar-refractivity contribution in [1.29, 1.82) is 0 Å². The van der Waals surface area contributed by atoms with E-state index in [0.717, 1.165) is 5.69 Å². The first-order valence-electron chi connectivity index (χ1n) is 7.83. The van der Waals surface area contributed by atoms with Crippen LogP contribution in [0.4, 0.5) is 5.69 Å².